The minimum Gasteiger partial charge on any atom is -0.340 e. The second-order valence-electron chi connectivity index (χ2n) is 2.50. The third-order valence-electron chi connectivity index (χ3n) is 1.50. The first-order valence-corrected chi connectivity index (χ1v) is 3.61. The summed E-state index contributed by atoms with van der Waals surface area (Å²) in [5.41, 5.74) is 0.804. The normalized spacial score (nSPS) is 10.1. The summed E-state index contributed by atoms with van der Waals surface area (Å²) in [4.78, 5) is 12.3. The van der Waals surface area contributed by atoms with E-state index in [4.69, 9.17) is 0 Å². The Balaban J connectivity index is 2.45. The van der Waals surface area contributed by atoms with Crippen LogP contribution in [0.1, 0.15) is 0 Å². The molecule has 0 bridgehead atoms. The molecule has 0 spiro atoms. The van der Waals surface area contributed by atoms with Crippen molar-refractivity contribution in [2.45, 2.75) is 0 Å². The van der Waals surface area contributed by atoms with Crippen LogP contribution in [0.4, 0.5) is 0 Å². The third-order valence-corrected chi connectivity index (χ3v) is 1.50. The number of hydrogen-bond donors (Lipinski definition) is 0. The van der Waals surface area contributed by atoms with E-state index in [0.29, 0.717) is 5.82 Å². The van der Waals surface area contributed by atoms with Crippen LogP contribution < -0.4 is 0 Å². The summed E-state index contributed by atoms with van der Waals surface area (Å²) in [6.07, 6.45) is 7.02. The van der Waals surface area contributed by atoms with Crippen molar-refractivity contribution in [1.82, 2.24) is 19.5 Å². The van der Waals surface area contributed by atoms with Gasteiger partial charge in [-0.3, -0.25) is 0 Å². The second-order valence-corrected chi connectivity index (χ2v) is 2.50. The molecule has 0 aliphatic carbocycles. The average Bonchev–Trinajstić information content (AvgIpc) is 2.54. The van der Waals surface area contributed by atoms with Gasteiger partial charge in [0.25, 0.3) is 0 Å². The molecule has 0 unspecified atom stereocenters. The van der Waals surface area contributed by atoms with Crippen molar-refractivity contribution >= 4 is 0 Å². The number of nitrogens with zero attached hydrogens (tertiary/aromatic N) is 4. The molecule has 60 valence electrons. The summed E-state index contributed by atoms with van der Waals surface area (Å²) in [6, 6.07) is 1.78. The highest BCUT2D eigenvalue weighted by atomic mass is 15.0. The Morgan fingerprint density at radius 1 is 1.17 bits per heavy atom. The second kappa shape index (κ2) is 2.73. The number of aryl methyl sites for hydroxylation is 1. The lowest BCUT2D eigenvalue weighted by Gasteiger charge is -1.90. The molecular weight excluding hydrogens is 152 g/mol. The number of imidazole rings is 1. The summed E-state index contributed by atoms with van der Waals surface area (Å²) in [5, 5.41) is 0. The van der Waals surface area contributed by atoms with Crippen LogP contribution in [-0.2, 0) is 7.05 Å². The molecule has 0 fully saturated rings. The fraction of sp³-hybridized carbons (Fsp3) is 0.125. The maximum atomic E-state index is 4.12. The molecular formula is C8H8N4. The summed E-state index contributed by atoms with van der Waals surface area (Å²) in [7, 11) is 1.92. The molecule has 0 atom stereocenters. The highest BCUT2D eigenvalue weighted by Crippen LogP contribution is 2.08. The minimum absolute atomic E-state index is 0.665. The Bertz CT molecular complexity index is 366. The van der Waals surface area contributed by atoms with Gasteiger partial charge in [-0.25, -0.2) is 15.0 Å². The summed E-state index contributed by atoms with van der Waals surface area (Å²) < 4.78 is 1.87. The average molecular weight is 160 g/mol. The van der Waals surface area contributed by atoms with Crippen LogP contribution in [0.25, 0.3) is 11.5 Å². The summed E-state index contributed by atoms with van der Waals surface area (Å²) in [5.74, 6) is 0.665. The molecule has 4 heteroatoms. The van der Waals surface area contributed by atoms with Gasteiger partial charge in [0.1, 0.15) is 5.69 Å². The predicted molar refractivity (Wildman–Crippen MR) is 44.2 cm³/mol. The maximum absolute atomic E-state index is 4.12. The molecule has 0 saturated heterocycles. The maximum Gasteiger partial charge on any atom is 0.179 e. The fourth-order valence-corrected chi connectivity index (χ4v) is 0.960. The molecule has 0 radical (unpaired) electrons. The molecule has 4 nitrogen and oxygen atoms in total. The zero-order valence-corrected chi connectivity index (χ0v) is 6.68. The van der Waals surface area contributed by atoms with Crippen molar-refractivity contribution in [3.63, 3.8) is 0 Å². The Kier molecular flexibility index (Phi) is 1.59. The van der Waals surface area contributed by atoms with Crippen LogP contribution >= 0.6 is 0 Å². The minimum atomic E-state index is 0.665. The standard InChI is InChI=1S/C8H8N4/c1-12-5-7(11-6-12)8-9-3-2-4-10-8/h2-6H,1H3. The van der Waals surface area contributed by atoms with Gasteiger partial charge in [-0.05, 0) is 6.07 Å². The van der Waals surface area contributed by atoms with Gasteiger partial charge in [-0.15, -0.1) is 0 Å². The highest BCUT2D eigenvalue weighted by molar-refractivity contribution is 5.46. The molecule has 0 aliphatic rings. The molecule has 0 saturated carbocycles. The van der Waals surface area contributed by atoms with E-state index in [1.165, 1.54) is 0 Å². The van der Waals surface area contributed by atoms with Crippen LogP contribution in [0, 0.1) is 0 Å². The van der Waals surface area contributed by atoms with E-state index in [1.807, 2.05) is 17.8 Å². The van der Waals surface area contributed by atoms with Crippen molar-refractivity contribution in [2.24, 2.45) is 7.05 Å². The predicted octanol–water partition coefficient (Wildman–Crippen LogP) is 0.877. The molecule has 0 amide bonds. The zero-order valence-electron chi connectivity index (χ0n) is 6.68. The number of hydrogen-bond acceptors (Lipinski definition) is 3. The van der Waals surface area contributed by atoms with Gasteiger partial charge in [-0.2, -0.15) is 0 Å². The Labute approximate surface area is 69.9 Å². The third kappa shape index (κ3) is 1.18. The molecule has 0 N–H and O–H groups in total. The molecule has 2 heterocycles. The van der Waals surface area contributed by atoms with Crippen molar-refractivity contribution < 1.29 is 0 Å². The van der Waals surface area contributed by atoms with E-state index in [0.717, 1.165) is 5.69 Å². The topological polar surface area (TPSA) is 43.6 Å². The molecule has 2 aromatic rings. The van der Waals surface area contributed by atoms with E-state index in [2.05, 4.69) is 15.0 Å². The lowest BCUT2D eigenvalue weighted by atomic mass is 10.4. The fourth-order valence-electron chi connectivity index (χ4n) is 0.960. The van der Waals surface area contributed by atoms with E-state index < -0.39 is 0 Å². The van der Waals surface area contributed by atoms with Crippen LogP contribution in [-0.4, -0.2) is 19.5 Å². The van der Waals surface area contributed by atoms with Gasteiger partial charge in [0, 0.05) is 25.6 Å². The van der Waals surface area contributed by atoms with E-state index >= 15 is 0 Å². The smallest absolute Gasteiger partial charge is 0.179 e. The molecule has 2 aromatic heterocycles. The summed E-state index contributed by atoms with van der Waals surface area (Å²) >= 11 is 0. The first-order chi connectivity index (χ1) is 5.86. The Hall–Kier alpha value is -1.71. The lowest BCUT2D eigenvalue weighted by molar-refractivity contribution is 0.913. The molecule has 12 heavy (non-hydrogen) atoms. The van der Waals surface area contributed by atoms with Crippen molar-refractivity contribution in [1.29, 1.82) is 0 Å². The van der Waals surface area contributed by atoms with Gasteiger partial charge >= 0.3 is 0 Å². The lowest BCUT2D eigenvalue weighted by Crippen LogP contribution is -1.86. The Morgan fingerprint density at radius 2 is 1.92 bits per heavy atom. The van der Waals surface area contributed by atoms with Gasteiger partial charge < -0.3 is 4.57 Å². The molecule has 0 aromatic carbocycles. The van der Waals surface area contributed by atoms with E-state index in [1.54, 1.807) is 24.8 Å². The quantitative estimate of drug-likeness (QED) is 0.622. The number of rotatable bonds is 1. The van der Waals surface area contributed by atoms with Crippen molar-refractivity contribution in [3.05, 3.63) is 31.0 Å². The van der Waals surface area contributed by atoms with Gasteiger partial charge in [-0.1, -0.05) is 0 Å². The summed E-state index contributed by atoms with van der Waals surface area (Å²) in [6.45, 7) is 0. The van der Waals surface area contributed by atoms with Crippen LogP contribution in [0.2, 0.25) is 0 Å². The van der Waals surface area contributed by atoms with Gasteiger partial charge in [0.15, 0.2) is 5.82 Å². The van der Waals surface area contributed by atoms with Crippen LogP contribution in [0.5, 0.6) is 0 Å². The van der Waals surface area contributed by atoms with Crippen LogP contribution in [0.3, 0.4) is 0 Å². The highest BCUT2D eigenvalue weighted by Gasteiger charge is 2.00. The SMILES string of the molecule is Cn1cnc(-c2ncccn2)c1. The molecule has 2 rings (SSSR count). The number of aromatic nitrogens is 4. The van der Waals surface area contributed by atoms with Gasteiger partial charge in [0.05, 0.1) is 6.33 Å². The molecule has 0 aliphatic heterocycles. The van der Waals surface area contributed by atoms with Crippen molar-refractivity contribution in [2.75, 3.05) is 0 Å². The van der Waals surface area contributed by atoms with Gasteiger partial charge in [0.2, 0.25) is 0 Å². The van der Waals surface area contributed by atoms with Crippen molar-refractivity contribution in [3.8, 4) is 11.5 Å². The Morgan fingerprint density at radius 3 is 2.50 bits per heavy atom. The largest absolute Gasteiger partial charge is 0.340 e. The van der Waals surface area contributed by atoms with E-state index in [9.17, 15) is 0 Å². The first kappa shape index (κ1) is 6.97. The van der Waals surface area contributed by atoms with Crippen LogP contribution in [0.15, 0.2) is 31.0 Å². The zero-order chi connectivity index (χ0) is 8.39. The first-order valence-electron chi connectivity index (χ1n) is 3.61. The van der Waals surface area contributed by atoms with E-state index in [-0.39, 0.29) is 0 Å². The monoisotopic (exact) mass is 160 g/mol.